The third-order valence-electron chi connectivity index (χ3n) is 3.26. The zero-order valence-electron chi connectivity index (χ0n) is 12.0. The number of fused-ring (bicyclic) bond motifs is 1. The van der Waals surface area contributed by atoms with Gasteiger partial charge in [-0.2, -0.15) is 4.98 Å². The minimum atomic E-state index is 0.603. The molecule has 0 unspecified atom stereocenters. The molecule has 0 saturated heterocycles. The molecule has 0 saturated carbocycles. The molecule has 0 atom stereocenters. The summed E-state index contributed by atoms with van der Waals surface area (Å²) >= 11 is 3.23. The second-order valence-corrected chi connectivity index (χ2v) is 6.75. The Bertz CT molecular complexity index is 920. The lowest BCUT2D eigenvalue weighted by Crippen LogP contribution is -1.91. The molecule has 4 aromatic rings. The molecule has 3 aromatic heterocycles. The van der Waals surface area contributed by atoms with Crippen molar-refractivity contribution in [3.8, 4) is 0 Å². The number of benzene rings is 1. The predicted molar refractivity (Wildman–Crippen MR) is 90.5 cm³/mol. The van der Waals surface area contributed by atoms with Gasteiger partial charge in [-0.3, -0.25) is 0 Å². The summed E-state index contributed by atoms with van der Waals surface area (Å²) in [6, 6.07) is 12.1. The van der Waals surface area contributed by atoms with Gasteiger partial charge in [-0.15, -0.1) is 11.3 Å². The highest BCUT2D eigenvalue weighted by molar-refractivity contribution is 7.98. The Labute approximate surface area is 140 Å². The van der Waals surface area contributed by atoms with E-state index in [1.165, 1.54) is 5.56 Å². The standard InChI is InChI=1S/C16H12N4OS2/c1-2-4-11(5-3-1)8-13-19-14(21-20-13)9-23-16-15-12(6-7-22-15)17-10-18-16/h1-7,10H,8-9H2. The topological polar surface area (TPSA) is 64.7 Å². The van der Waals surface area contributed by atoms with E-state index in [1.54, 1.807) is 29.4 Å². The highest BCUT2D eigenvalue weighted by atomic mass is 32.2. The van der Waals surface area contributed by atoms with Crippen molar-refractivity contribution in [1.82, 2.24) is 20.1 Å². The molecular formula is C16H12N4OS2. The van der Waals surface area contributed by atoms with Crippen LogP contribution in [0.15, 0.2) is 57.7 Å². The van der Waals surface area contributed by atoms with Crippen molar-refractivity contribution < 1.29 is 4.52 Å². The molecule has 4 rings (SSSR count). The molecule has 0 aliphatic heterocycles. The number of rotatable bonds is 5. The van der Waals surface area contributed by atoms with Crippen LogP contribution in [0.4, 0.5) is 0 Å². The van der Waals surface area contributed by atoms with Crippen LogP contribution in [0.5, 0.6) is 0 Å². The molecule has 0 aliphatic carbocycles. The maximum atomic E-state index is 5.33. The van der Waals surface area contributed by atoms with Gasteiger partial charge in [0.15, 0.2) is 5.82 Å². The SMILES string of the molecule is c1ccc(Cc2noc(CSc3ncnc4ccsc34)n2)cc1. The number of nitrogens with zero attached hydrogens (tertiary/aromatic N) is 4. The molecular weight excluding hydrogens is 328 g/mol. The molecule has 1 aromatic carbocycles. The van der Waals surface area contributed by atoms with E-state index in [9.17, 15) is 0 Å². The van der Waals surface area contributed by atoms with Crippen LogP contribution in [0.25, 0.3) is 10.2 Å². The molecule has 7 heteroatoms. The fourth-order valence-corrected chi connectivity index (χ4v) is 3.98. The lowest BCUT2D eigenvalue weighted by Gasteiger charge is -1.98. The van der Waals surface area contributed by atoms with E-state index in [2.05, 4.69) is 32.2 Å². The summed E-state index contributed by atoms with van der Waals surface area (Å²) < 4.78 is 6.43. The fraction of sp³-hybridized carbons (Fsp3) is 0.125. The van der Waals surface area contributed by atoms with E-state index < -0.39 is 0 Å². The second kappa shape index (κ2) is 6.47. The van der Waals surface area contributed by atoms with Crippen molar-refractivity contribution in [1.29, 1.82) is 0 Å². The molecule has 0 amide bonds. The van der Waals surface area contributed by atoms with Crippen molar-refractivity contribution in [2.45, 2.75) is 17.2 Å². The largest absolute Gasteiger partial charge is 0.338 e. The molecule has 0 N–H and O–H groups in total. The summed E-state index contributed by atoms with van der Waals surface area (Å²) in [5.41, 5.74) is 2.14. The average Bonchev–Trinajstić information content (AvgIpc) is 3.23. The van der Waals surface area contributed by atoms with E-state index in [0.29, 0.717) is 23.9 Å². The minimum absolute atomic E-state index is 0.603. The van der Waals surface area contributed by atoms with Crippen LogP contribution < -0.4 is 0 Å². The lowest BCUT2D eigenvalue weighted by molar-refractivity contribution is 0.386. The van der Waals surface area contributed by atoms with Gasteiger partial charge in [-0.25, -0.2) is 9.97 Å². The number of thiophene rings is 1. The van der Waals surface area contributed by atoms with E-state index >= 15 is 0 Å². The summed E-state index contributed by atoms with van der Waals surface area (Å²) in [7, 11) is 0. The summed E-state index contributed by atoms with van der Waals surface area (Å²) in [6.07, 6.45) is 2.27. The van der Waals surface area contributed by atoms with Crippen LogP contribution >= 0.6 is 23.1 Å². The Kier molecular flexibility index (Phi) is 4.04. The third kappa shape index (κ3) is 3.25. The van der Waals surface area contributed by atoms with E-state index in [-0.39, 0.29) is 0 Å². The maximum Gasteiger partial charge on any atom is 0.237 e. The molecule has 5 nitrogen and oxygen atoms in total. The quantitative estimate of drug-likeness (QED) is 0.405. The highest BCUT2D eigenvalue weighted by Crippen LogP contribution is 2.30. The van der Waals surface area contributed by atoms with E-state index in [4.69, 9.17) is 4.52 Å². The second-order valence-electron chi connectivity index (χ2n) is 4.87. The summed E-state index contributed by atoms with van der Waals surface area (Å²) in [4.78, 5) is 13.0. The van der Waals surface area contributed by atoms with Gasteiger partial charge in [0.2, 0.25) is 5.89 Å². The molecule has 3 heterocycles. The molecule has 0 aliphatic rings. The zero-order chi connectivity index (χ0) is 15.5. The van der Waals surface area contributed by atoms with Crippen molar-refractivity contribution in [3.05, 3.63) is 65.4 Å². The van der Waals surface area contributed by atoms with E-state index in [1.807, 2.05) is 29.6 Å². The molecule has 23 heavy (non-hydrogen) atoms. The van der Waals surface area contributed by atoms with Gasteiger partial charge in [0.05, 0.1) is 16.0 Å². The Morgan fingerprint density at radius 3 is 2.91 bits per heavy atom. The Hall–Kier alpha value is -2.25. The summed E-state index contributed by atoms with van der Waals surface area (Å²) in [5.74, 6) is 1.92. The number of hydrogen-bond donors (Lipinski definition) is 0. The first-order valence-corrected chi connectivity index (χ1v) is 8.91. The van der Waals surface area contributed by atoms with Gasteiger partial charge in [-0.1, -0.05) is 47.3 Å². The highest BCUT2D eigenvalue weighted by Gasteiger charge is 2.10. The minimum Gasteiger partial charge on any atom is -0.338 e. The Morgan fingerprint density at radius 2 is 2.00 bits per heavy atom. The molecule has 0 fully saturated rings. The van der Waals surface area contributed by atoms with Gasteiger partial charge in [-0.05, 0) is 17.0 Å². The normalized spacial score (nSPS) is 11.1. The van der Waals surface area contributed by atoms with Crippen LogP contribution in [0.1, 0.15) is 17.3 Å². The fourth-order valence-electron chi connectivity index (χ4n) is 2.20. The first-order valence-electron chi connectivity index (χ1n) is 7.05. The van der Waals surface area contributed by atoms with Crippen molar-refractivity contribution in [3.63, 3.8) is 0 Å². The van der Waals surface area contributed by atoms with Gasteiger partial charge < -0.3 is 4.52 Å². The Morgan fingerprint density at radius 1 is 1.09 bits per heavy atom. The zero-order valence-corrected chi connectivity index (χ0v) is 13.7. The number of hydrogen-bond acceptors (Lipinski definition) is 7. The number of thioether (sulfide) groups is 1. The first-order chi connectivity index (χ1) is 11.4. The van der Waals surface area contributed by atoms with Gasteiger partial charge in [0, 0.05) is 6.42 Å². The summed E-state index contributed by atoms with van der Waals surface area (Å²) in [6.45, 7) is 0. The number of aromatic nitrogens is 4. The summed E-state index contributed by atoms with van der Waals surface area (Å²) in [5, 5.41) is 7.02. The average molecular weight is 340 g/mol. The smallest absolute Gasteiger partial charge is 0.237 e. The monoisotopic (exact) mass is 340 g/mol. The van der Waals surface area contributed by atoms with Crippen molar-refractivity contribution >= 4 is 33.3 Å². The Balaban J connectivity index is 1.45. The van der Waals surface area contributed by atoms with Gasteiger partial charge in [0.25, 0.3) is 0 Å². The van der Waals surface area contributed by atoms with Crippen LogP contribution in [0.3, 0.4) is 0 Å². The van der Waals surface area contributed by atoms with Crippen LogP contribution in [0, 0.1) is 0 Å². The van der Waals surface area contributed by atoms with Gasteiger partial charge in [0.1, 0.15) is 11.4 Å². The lowest BCUT2D eigenvalue weighted by atomic mass is 10.1. The van der Waals surface area contributed by atoms with Crippen molar-refractivity contribution in [2.24, 2.45) is 0 Å². The van der Waals surface area contributed by atoms with Crippen LogP contribution in [-0.4, -0.2) is 20.1 Å². The molecule has 114 valence electrons. The van der Waals surface area contributed by atoms with E-state index in [0.717, 1.165) is 15.2 Å². The van der Waals surface area contributed by atoms with Crippen LogP contribution in [-0.2, 0) is 12.2 Å². The van der Waals surface area contributed by atoms with Gasteiger partial charge >= 0.3 is 0 Å². The third-order valence-corrected chi connectivity index (χ3v) is 5.27. The van der Waals surface area contributed by atoms with Crippen molar-refractivity contribution in [2.75, 3.05) is 0 Å². The molecule has 0 spiro atoms. The molecule has 0 bridgehead atoms. The predicted octanol–water partition coefficient (Wildman–Crippen LogP) is 3.96. The van der Waals surface area contributed by atoms with Crippen LogP contribution in [0.2, 0.25) is 0 Å². The maximum absolute atomic E-state index is 5.33. The molecule has 0 radical (unpaired) electrons. The first kappa shape index (κ1) is 14.3.